The molecule has 3 N–H and O–H groups in total. The SMILES string of the molecule is Cc1[nH]c2c(C(=O)O)cccc2c1Cc1ccc(O)cc1. The van der Waals surface area contributed by atoms with Crippen LogP contribution in [0.5, 0.6) is 5.75 Å². The highest BCUT2D eigenvalue weighted by molar-refractivity contribution is 6.03. The lowest BCUT2D eigenvalue weighted by Gasteiger charge is -2.03. The lowest BCUT2D eigenvalue weighted by atomic mass is 10.0. The van der Waals surface area contributed by atoms with Crippen LogP contribution in [0.15, 0.2) is 42.5 Å². The number of carboxylic acid groups (broad SMARTS) is 1. The maximum Gasteiger partial charge on any atom is 0.337 e. The largest absolute Gasteiger partial charge is 0.508 e. The summed E-state index contributed by atoms with van der Waals surface area (Å²) < 4.78 is 0. The van der Waals surface area contributed by atoms with Gasteiger partial charge in [-0.2, -0.15) is 0 Å². The summed E-state index contributed by atoms with van der Waals surface area (Å²) in [4.78, 5) is 14.5. The Morgan fingerprint density at radius 2 is 1.86 bits per heavy atom. The van der Waals surface area contributed by atoms with Gasteiger partial charge in [-0.1, -0.05) is 24.3 Å². The van der Waals surface area contributed by atoms with Gasteiger partial charge in [0.15, 0.2) is 0 Å². The van der Waals surface area contributed by atoms with E-state index in [0.29, 0.717) is 11.9 Å². The minimum Gasteiger partial charge on any atom is -0.508 e. The highest BCUT2D eigenvalue weighted by Crippen LogP contribution is 2.27. The van der Waals surface area contributed by atoms with E-state index in [4.69, 9.17) is 0 Å². The van der Waals surface area contributed by atoms with Crippen LogP contribution < -0.4 is 0 Å². The minimum atomic E-state index is -0.932. The van der Waals surface area contributed by atoms with Gasteiger partial charge in [-0.25, -0.2) is 4.79 Å². The molecule has 0 spiro atoms. The van der Waals surface area contributed by atoms with Gasteiger partial charge >= 0.3 is 5.97 Å². The average Bonchev–Trinajstić information content (AvgIpc) is 2.77. The average molecular weight is 281 g/mol. The fourth-order valence-electron chi connectivity index (χ4n) is 2.63. The summed E-state index contributed by atoms with van der Waals surface area (Å²) in [7, 11) is 0. The minimum absolute atomic E-state index is 0.238. The Labute approximate surface area is 121 Å². The Morgan fingerprint density at radius 3 is 2.52 bits per heavy atom. The normalized spacial score (nSPS) is 10.9. The Balaban J connectivity index is 2.10. The van der Waals surface area contributed by atoms with Crippen molar-refractivity contribution in [2.75, 3.05) is 0 Å². The number of nitrogens with one attached hydrogen (secondary N) is 1. The van der Waals surface area contributed by atoms with E-state index >= 15 is 0 Å². The maximum atomic E-state index is 11.3. The molecule has 0 radical (unpaired) electrons. The van der Waals surface area contributed by atoms with Crippen molar-refractivity contribution in [3.05, 3.63) is 64.8 Å². The highest BCUT2D eigenvalue weighted by atomic mass is 16.4. The van der Waals surface area contributed by atoms with Gasteiger partial charge in [0, 0.05) is 11.1 Å². The van der Waals surface area contributed by atoms with Crippen LogP contribution in [0, 0.1) is 6.92 Å². The number of carboxylic acids is 1. The fraction of sp³-hybridized carbons (Fsp3) is 0.118. The summed E-state index contributed by atoms with van der Waals surface area (Å²) >= 11 is 0. The number of aromatic nitrogens is 1. The number of hydrogen-bond donors (Lipinski definition) is 3. The quantitative estimate of drug-likeness (QED) is 0.688. The smallest absolute Gasteiger partial charge is 0.337 e. The molecule has 21 heavy (non-hydrogen) atoms. The number of rotatable bonds is 3. The predicted molar refractivity (Wildman–Crippen MR) is 80.9 cm³/mol. The number of hydrogen-bond acceptors (Lipinski definition) is 2. The van der Waals surface area contributed by atoms with Crippen molar-refractivity contribution in [3.8, 4) is 5.75 Å². The number of phenols is 1. The number of aromatic hydroxyl groups is 1. The molecule has 3 rings (SSSR count). The van der Waals surface area contributed by atoms with E-state index in [1.54, 1.807) is 24.3 Å². The van der Waals surface area contributed by atoms with E-state index in [-0.39, 0.29) is 11.3 Å². The molecular formula is C17H15NO3. The van der Waals surface area contributed by atoms with Gasteiger partial charge in [0.05, 0.1) is 11.1 Å². The third kappa shape index (κ3) is 2.36. The van der Waals surface area contributed by atoms with Gasteiger partial charge in [-0.15, -0.1) is 0 Å². The molecule has 0 amide bonds. The van der Waals surface area contributed by atoms with E-state index < -0.39 is 5.97 Å². The van der Waals surface area contributed by atoms with Gasteiger partial charge in [-0.05, 0) is 42.7 Å². The van der Waals surface area contributed by atoms with Crippen molar-refractivity contribution in [2.24, 2.45) is 0 Å². The summed E-state index contributed by atoms with van der Waals surface area (Å²) in [6, 6.07) is 12.3. The van der Waals surface area contributed by atoms with Crippen LogP contribution >= 0.6 is 0 Å². The molecule has 4 heteroatoms. The summed E-state index contributed by atoms with van der Waals surface area (Å²) in [5.41, 5.74) is 4.06. The number of para-hydroxylation sites is 1. The molecule has 3 aromatic rings. The lowest BCUT2D eigenvalue weighted by molar-refractivity contribution is 0.0699. The van der Waals surface area contributed by atoms with Crippen molar-refractivity contribution in [2.45, 2.75) is 13.3 Å². The van der Waals surface area contributed by atoms with E-state index in [0.717, 1.165) is 22.2 Å². The Morgan fingerprint density at radius 1 is 1.14 bits per heavy atom. The number of aromatic carboxylic acids is 1. The number of aryl methyl sites for hydroxylation is 1. The summed E-state index contributed by atoms with van der Waals surface area (Å²) in [5, 5.41) is 19.5. The highest BCUT2D eigenvalue weighted by Gasteiger charge is 2.15. The van der Waals surface area contributed by atoms with Crippen LogP contribution in [0.25, 0.3) is 10.9 Å². The zero-order valence-electron chi connectivity index (χ0n) is 11.6. The second-order valence-electron chi connectivity index (χ2n) is 5.11. The van der Waals surface area contributed by atoms with Crippen molar-refractivity contribution in [1.82, 2.24) is 4.98 Å². The van der Waals surface area contributed by atoms with Gasteiger partial charge in [0.1, 0.15) is 5.75 Å². The Hall–Kier alpha value is -2.75. The monoisotopic (exact) mass is 281 g/mol. The summed E-state index contributed by atoms with van der Waals surface area (Å²) in [5.74, 6) is -0.694. The zero-order chi connectivity index (χ0) is 15.0. The number of H-pyrrole nitrogens is 1. The number of aromatic amines is 1. The standard InChI is InChI=1S/C17H15NO3/c1-10-15(9-11-5-7-12(19)8-6-11)13-3-2-4-14(17(20)21)16(13)18-10/h2-8,18-19H,9H2,1H3,(H,20,21). The topological polar surface area (TPSA) is 73.3 Å². The van der Waals surface area contributed by atoms with E-state index in [2.05, 4.69) is 4.98 Å². The van der Waals surface area contributed by atoms with Crippen LogP contribution in [-0.4, -0.2) is 21.2 Å². The molecule has 0 saturated carbocycles. The van der Waals surface area contributed by atoms with Crippen LogP contribution in [0.2, 0.25) is 0 Å². The Kier molecular flexibility index (Phi) is 3.14. The molecule has 4 nitrogen and oxygen atoms in total. The van der Waals surface area contributed by atoms with E-state index in [1.165, 1.54) is 0 Å². The van der Waals surface area contributed by atoms with Gasteiger partial charge in [-0.3, -0.25) is 0 Å². The first-order valence-electron chi connectivity index (χ1n) is 6.67. The lowest BCUT2D eigenvalue weighted by Crippen LogP contribution is -1.96. The number of fused-ring (bicyclic) bond motifs is 1. The van der Waals surface area contributed by atoms with Crippen LogP contribution in [-0.2, 0) is 6.42 Å². The molecule has 1 heterocycles. The molecule has 0 unspecified atom stereocenters. The predicted octanol–water partition coefficient (Wildman–Crippen LogP) is 3.47. The van der Waals surface area contributed by atoms with E-state index in [9.17, 15) is 15.0 Å². The first-order valence-corrected chi connectivity index (χ1v) is 6.67. The molecule has 0 atom stereocenters. The van der Waals surface area contributed by atoms with Crippen LogP contribution in [0.3, 0.4) is 0 Å². The number of benzene rings is 2. The van der Waals surface area contributed by atoms with Crippen molar-refractivity contribution < 1.29 is 15.0 Å². The molecule has 1 aromatic heterocycles. The third-order valence-corrected chi connectivity index (χ3v) is 3.70. The third-order valence-electron chi connectivity index (χ3n) is 3.70. The van der Waals surface area contributed by atoms with Crippen molar-refractivity contribution >= 4 is 16.9 Å². The molecular weight excluding hydrogens is 266 g/mol. The second-order valence-corrected chi connectivity index (χ2v) is 5.11. The molecule has 0 aliphatic heterocycles. The van der Waals surface area contributed by atoms with Gasteiger partial charge in [0.2, 0.25) is 0 Å². The molecule has 106 valence electrons. The van der Waals surface area contributed by atoms with Crippen LogP contribution in [0.4, 0.5) is 0 Å². The molecule has 0 bridgehead atoms. The Bertz CT molecular complexity index is 816. The summed E-state index contributed by atoms with van der Waals surface area (Å²) in [6.45, 7) is 1.95. The van der Waals surface area contributed by atoms with Gasteiger partial charge in [0.25, 0.3) is 0 Å². The fourth-order valence-corrected chi connectivity index (χ4v) is 2.63. The van der Waals surface area contributed by atoms with Crippen molar-refractivity contribution in [1.29, 1.82) is 0 Å². The maximum absolute atomic E-state index is 11.3. The molecule has 0 fully saturated rings. The van der Waals surface area contributed by atoms with E-state index in [1.807, 2.05) is 25.1 Å². The number of phenolic OH excluding ortho intramolecular Hbond substituents is 1. The first-order chi connectivity index (χ1) is 10.1. The first kappa shape index (κ1) is 13.2. The van der Waals surface area contributed by atoms with Crippen molar-refractivity contribution in [3.63, 3.8) is 0 Å². The second kappa shape index (κ2) is 4.98. The van der Waals surface area contributed by atoms with Crippen LogP contribution in [0.1, 0.15) is 27.2 Å². The molecule has 0 aliphatic carbocycles. The molecule has 0 saturated heterocycles. The van der Waals surface area contributed by atoms with Gasteiger partial charge < -0.3 is 15.2 Å². The molecule has 2 aromatic carbocycles. The molecule has 0 aliphatic rings. The zero-order valence-corrected chi connectivity index (χ0v) is 11.6. The number of carbonyl (C=O) groups is 1. The summed E-state index contributed by atoms with van der Waals surface area (Å²) in [6.07, 6.45) is 0.690.